The van der Waals surface area contributed by atoms with E-state index in [0.29, 0.717) is 0 Å². The first-order valence-corrected chi connectivity index (χ1v) is 7.74. The molecule has 0 aliphatic rings. The Morgan fingerprint density at radius 3 is 2.59 bits per heavy atom. The number of primary amides is 1. The fourth-order valence-corrected chi connectivity index (χ4v) is 2.74. The molecular formula is C13H28N2OS. The SMILES string of the molecule is CCCNC(C)(CCSCC(C)CC)C(N)=O. The molecule has 0 saturated heterocycles. The largest absolute Gasteiger partial charge is 0.368 e. The molecule has 2 unspecified atom stereocenters. The molecule has 0 radical (unpaired) electrons. The standard InChI is InChI=1S/C13H28N2OS/c1-5-8-15-13(4,12(14)16)7-9-17-10-11(3)6-2/h11,15H,5-10H2,1-4H3,(H2,14,16). The summed E-state index contributed by atoms with van der Waals surface area (Å²) in [4.78, 5) is 11.5. The third-order valence-electron chi connectivity index (χ3n) is 3.15. The van der Waals surface area contributed by atoms with E-state index in [1.54, 1.807) is 0 Å². The average Bonchev–Trinajstić information content (AvgIpc) is 2.31. The molecule has 0 aromatic heterocycles. The van der Waals surface area contributed by atoms with E-state index < -0.39 is 5.54 Å². The van der Waals surface area contributed by atoms with Gasteiger partial charge in [0.25, 0.3) is 0 Å². The number of hydrogen-bond acceptors (Lipinski definition) is 3. The van der Waals surface area contributed by atoms with Crippen molar-refractivity contribution in [3.8, 4) is 0 Å². The quantitative estimate of drug-likeness (QED) is 0.593. The highest BCUT2D eigenvalue weighted by Gasteiger charge is 2.29. The van der Waals surface area contributed by atoms with Crippen molar-refractivity contribution in [3.63, 3.8) is 0 Å². The molecule has 0 spiro atoms. The second-order valence-corrected chi connectivity index (χ2v) is 6.11. The molecule has 102 valence electrons. The van der Waals surface area contributed by atoms with Crippen LogP contribution in [0.2, 0.25) is 0 Å². The van der Waals surface area contributed by atoms with Crippen molar-refractivity contribution in [3.05, 3.63) is 0 Å². The molecule has 0 fully saturated rings. The zero-order valence-electron chi connectivity index (χ0n) is 11.7. The van der Waals surface area contributed by atoms with Crippen LogP contribution in [0.4, 0.5) is 0 Å². The number of carbonyl (C=O) groups excluding carboxylic acids is 1. The molecule has 0 aliphatic heterocycles. The summed E-state index contributed by atoms with van der Waals surface area (Å²) >= 11 is 1.92. The van der Waals surface area contributed by atoms with Gasteiger partial charge in [-0.1, -0.05) is 27.2 Å². The summed E-state index contributed by atoms with van der Waals surface area (Å²) < 4.78 is 0. The van der Waals surface area contributed by atoms with Crippen molar-refractivity contribution < 1.29 is 4.79 Å². The Morgan fingerprint density at radius 1 is 1.47 bits per heavy atom. The van der Waals surface area contributed by atoms with Crippen LogP contribution in [-0.4, -0.2) is 29.5 Å². The van der Waals surface area contributed by atoms with Crippen molar-refractivity contribution in [2.75, 3.05) is 18.1 Å². The number of nitrogens with two attached hydrogens (primary N) is 1. The molecule has 4 heteroatoms. The van der Waals surface area contributed by atoms with E-state index in [2.05, 4.69) is 26.1 Å². The lowest BCUT2D eigenvalue weighted by Crippen LogP contribution is -2.53. The van der Waals surface area contributed by atoms with Crippen LogP contribution in [0, 0.1) is 5.92 Å². The molecule has 0 aromatic rings. The molecular weight excluding hydrogens is 232 g/mol. The fourth-order valence-electron chi connectivity index (χ4n) is 1.38. The Bertz CT molecular complexity index is 223. The van der Waals surface area contributed by atoms with Gasteiger partial charge in [0, 0.05) is 0 Å². The number of thioether (sulfide) groups is 1. The third kappa shape index (κ3) is 6.94. The summed E-state index contributed by atoms with van der Waals surface area (Å²) in [5.41, 5.74) is 4.93. The molecule has 0 aliphatic carbocycles. The number of amides is 1. The van der Waals surface area contributed by atoms with Crippen LogP contribution in [0.15, 0.2) is 0 Å². The first-order chi connectivity index (χ1) is 7.96. The minimum Gasteiger partial charge on any atom is -0.368 e. The lowest BCUT2D eigenvalue weighted by Gasteiger charge is -2.27. The first-order valence-electron chi connectivity index (χ1n) is 6.59. The van der Waals surface area contributed by atoms with Gasteiger partial charge in [-0.3, -0.25) is 4.79 Å². The summed E-state index contributed by atoms with van der Waals surface area (Å²) in [6, 6.07) is 0. The van der Waals surface area contributed by atoms with Gasteiger partial charge in [-0.25, -0.2) is 0 Å². The number of nitrogens with one attached hydrogen (secondary N) is 1. The van der Waals surface area contributed by atoms with Crippen LogP contribution >= 0.6 is 11.8 Å². The van der Waals surface area contributed by atoms with Gasteiger partial charge in [-0.15, -0.1) is 0 Å². The molecule has 0 heterocycles. The van der Waals surface area contributed by atoms with Crippen LogP contribution in [0.25, 0.3) is 0 Å². The lowest BCUT2D eigenvalue weighted by atomic mass is 9.98. The molecule has 2 atom stereocenters. The maximum absolute atomic E-state index is 11.5. The second kappa shape index (κ2) is 8.81. The maximum atomic E-state index is 11.5. The van der Waals surface area contributed by atoms with Gasteiger partial charge in [0.2, 0.25) is 5.91 Å². The zero-order chi connectivity index (χ0) is 13.3. The van der Waals surface area contributed by atoms with E-state index >= 15 is 0 Å². The minimum atomic E-state index is -0.543. The third-order valence-corrected chi connectivity index (χ3v) is 4.45. The monoisotopic (exact) mass is 260 g/mol. The second-order valence-electron chi connectivity index (χ2n) is 4.96. The van der Waals surface area contributed by atoms with Crippen LogP contribution in [0.1, 0.15) is 47.0 Å². The summed E-state index contributed by atoms with van der Waals surface area (Å²) in [6.45, 7) is 9.31. The van der Waals surface area contributed by atoms with Crippen molar-refractivity contribution in [1.82, 2.24) is 5.32 Å². The highest BCUT2D eigenvalue weighted by atomic mass is 32.2. The maximum Gasteiger partial charge on any atom is 0.237 e. The highest BCUT2D eigenvalue weighted by Crippen LogP contribution is 2.17. The van der Waals surface area contributed by atoms with Gasteiger partial charge in [0.15, 0.2) is 0 Å². The summed E-state index contributed by atoms with van der Waals surface area (Å²) in [5.74, 6) is 2.66. The number of hydrogen-bond donors (Lipinski definition) is 2. The average molecular weight is 260 g/mol. The van der Waals surface area contributed by atoms with E-state index in [-0.39, 0.29) is 5.91 Å². The zero-order valence-corrected chi connectivity index (χ0v) is 12.5. The molecule has 0 bridgehead atoms. The fraction of sp³-hybridized carbons (Fsp3) is 0.923. The normalized spacial score (nSPS) is 16.5. The van der Waals surface area contributed by atoms with Gasteiger partial charge in [0.1, 0.15) is 0 Å². The van der Waals surface area contributed by atoms with Crippen LogP contribution in [0.3, 0.4) is 0 Å². The first kappa shape index (κ1) is 16.8. The van der Waals surface area contributed by atoms with Gasteiger partial charge >= 0.3 is 0 Å². The molecule has 3 N–H and O–H groups in total. The molecule has 0 saturated carbocycles. The summed E-state index contributed by atoms with van der Waals surface area (Å²) in [5, 5.41) is 3.26. The van der Waals surface area contributed by atoms with E-state index in [1.807, 2.05) is 18.7 Å². The minimum absolute atomic E-state index is 0.241. The van der Waals surface area contributed by atoms with Crippen LogP contribution < -0.4 is 11.1 Å². The Balaban J connectivity index is 3.96. The molecule has 0 rings (SSSR count). The molecule has 17 heavy (non-hydrogen) atoms. The predicted octanol–water partition coefficient (Wildman–Crippen LogP) is 2.40. The van der Waals surface area contributed by atoms with Crippen molar-refractivity contribution in [2.45, 2.75) is 52.5 Å². The van der Waals surface area contributed by atoms with Crippen molar-refractivity contribution >= 4 is 17.7 Å². The number of carbonyl (C=O) groups is 1. The summed E-state index contributed by atoms with van der Waals surface area (Å²) in [6.07, 6.45) is 3.04. The highest BCUT2D eigenvalue weighted by molar-refractivity contribution is 7.99. The van der Waals surface area contributed by atoms with Crippen LogP contribution in [0.5, 0.6) is 0 Å². The molecule has 3 nitrogen and oxygen atoms in total. The van der Waals surface area contributed by atoms with Crippen LogP contribution in [-0.2, 0) is 4.79 Å². The van der Waals surface area contributed by atoms with Gasteiger partial charge in [-0.2, -0.15) is 11.8 Å². The number of rotatable bonds is 10. The van der Waals surface area contributed by atoms with E-state index in [0.717, 1.165) is 31.1 Å². The Morgan fingerprint density at radius 2 is 2.12 bits per heavy atom. The van der Waals surface area contributed by atoms with Gasteiger partial charge in [-0.05, 0) is 43.7 Å². The smallest absolute Gasteiger partial charge is 0.237 e. The van der Waals surface area contributed by atoms with E-state index in [9.17, 15) is 4.79 Å². The van der Waals surface area contributed by atoms with E-state index in [4.69, 9.17) is 5.73 Å². The van der Waals surface area contributed by atoms with Crippen molar-refractivity contribution in [2.24, 2.45) is 11.7 Å². The topological polar surface area (TPSA) is 55.1 Å². The summed E-state index contributed by atoms with van der Waals surface area (Å²) in [7, 11) is 0. The molecule has 0 aromatic carbocycles. The molecule has 1 amide bonds. The van der Waals surface area contributed by atoms with Gasteiger partial charge < -0.3 is 11.1 Å². The Hall–Kier alpha value is -0.220. The van der Waals surface area contributed by atoms with Crippen molar-refractivity contribution in [1.29, 1.82) is 0 Å². The lowest BCUT2D eigenvalue weighted by molar-refractivity contribution is -0.123. The Kier molecular flexibility index (Phi) is 8.70. The Labute approximate surface area is 110 Å². The van der Waals surface area contributed by atoms with Gasteiger partial charge in [0.05, 0.1) is 5.54 Å². The predicted molar refractivity (Wildman–Crippen MR) is 77.3 cm³/mol. The van der Waals surface area contributed by atoms with E-state index in [1.165, 1.54) is 12.2 Å².